The average molecular weight is 577 g/mol. The molecule has 41 heavy (non-hydrogen) atoms. The zero-order valence-corrected chi connectivity index (χ0v) is 24.5. The molecular weight excluding hydrogens is 536 g/mol. The lowest BCUT2D eigenvalue weighted by molar-refractivity contribution is -0.120. The number of nitrogens with two attached hydrogens (primary N) is 1. The highest BCUT2D eigenvalue weighted by Crippen LogP contribution is 2.48. The molecule has 3 rings (SSSR count). The zero-order valence-electron chi connectivity index (χ0n) is 24.5. The molecule has 0 saturated carbocycles. The molecule has 1 aliphatic carbocycles. The van der Waals surface area contributed by atoms with E-state index in [4.69, 9.17) is 29.4 Å². The first-order valence-electron chi connectivity index (χ1n) is 13.4. The largest absolute Gasteiger partial charge is 0.492 e. The van der Waals surface area contributed by atoms with Gasteiger partial charge in [0.15, 0.2) is 11.9 Å². The molecule has 4 N–H and O–H groups in total. The van der Waals surface area contributed by atoms with Crippen molar-refractivity contribution in [2.24, 2.45) is 17.6 Å². The molecule has 1 fully saturated rings. The number of aliphatic hydroxyl groups excluding tert-OH is 1. The molecule has 3 aliphatic rings. The molecule has 2 heterocycles. The molecule has 0 aromatic rings. The number of nitrogens with one attached hydrogen (secondary N) is 1. The van der Waals surface area contributed by atoms with E-state index in [9.17, 15) is 24.3 Å². The summed E-state index contributed by atoms with van der Waals surface area (Å²) in [6, 6.07) is 0. The van der Waals surface area contributed by atoms with Gasteiger partial charge in [0.25, 0.3) is 5.91 Å². The number of ketones is 2. The predicted octanol–water partition coefficient (Wildman–Crippen LogP) is 1.62. The molecule has 2 amide bonds. The van der Waals surface area contributed by atoms with Crippen molar-refractivity contribution in [3.05, 3.63) is 46.9 Å². The van der Waals surface area contributed by atoms with Crippen LogP contribution in [0.1, 0.15) is 40.5 Å². The number of methoxy groups -OCH3 is 3. The highest BCUT2D eigenvalue weighted by Gasteiger charge is 2.64. The molecule has 8 atom stereocenters. The molecule has 0 spiro atoms. The van der Waals surface area contributed by atoms with Crippen molar-refractivity contribution in [3.8, 4) is 0 Å². The lowest BCUT2D eigenvalue weighted by Gasteiger charge is -2.31. The molecule has 12 nitrogen and oxygen atoms in total. The Balaban J connectivity index is 2.05. The molecule has 0 aromatic carbocycles. The van der Waals surface area contributed by atoms with Gasteiger partial charge in [-0.15, -0.1) is 0 Å². The molecule has 0 radical (unpaired) electrons. The van der Waals surface area contributed by atoms with Crippen LogP contribution in [0.25, 0.3) is 0 Å². The van der Waals surface area contributed by atoms with Gasteiger partial charge < -0.3 is 39.8 Å². The third-order valence-electron chi connectivity index (χ3n) is 7.90. The minimum atomic E-state index is -1.04. The molecule has 2 bridgehead atoms. The van der Waals surface area contributed by atoms with Gasteiger partial charge in [0.05, 0.1) is 31.1 Å². The number of rotatable bonds is 4. The highest BCUT2D eigenvalue weighted by molar-refractivity contribution is 6.23. The van der Waals surface area contributed by atoms with Crippen molar-refractivity contribution in [1.29, 1.82) is 0 Å². The van der Waals surface area contributed by atoms with Crippen LogP contribution in [0.5, 0.6) is 0 Å². The van der Waals surface area contributed by atoms with E-state index in [1.54, 1.807) is 19.9 Å². The van der Waals surface area contributed by atoms with Crippen LogP contribution >= 0.6 is 0 Å². The van der Waals surface area contributed by atoms with Gasteiger partial charge in [0.1, 0.15) is 11.7 Å². The number of amides is 2. The Morgan fingerprint density at radius 3 is 2.44 bits per heavy atom. The standard InChI is InChI=1S/C29H40N2O10/c1-14-11-17-23(34)18(13-19(32)24(17)39-7)31-27(35)15(2)9-8-10-20(37-5)26(40-28(30)36)29(4)25(41-29)16(3)22(33)21(12-14)38-6/h8-10,13-14,16,20-22,25-26,33H,11-12H2,1-7H3,(H2,30,36)(H,31,35)/b10-8-,15-9+/t14-,16-,20+,21+,22-,25-,26-,29+/m1/s1. The Labute approximate surface area is 239 Å². The molecular formula is C29H40N2O10. The first-order chi connectivity index (χ1) is 19.3. The normalized spacial score (nSPS) is 37.3. The number of aliphatic hydroxyl groups is 1. The van der Waals surface area contributed by atoms with Gasteiger partial charge >= 0.3 is 6.09 Å². The van der Waals surface area contributed by atoms with Crippen LogP contribution in [0.15, 0.2) is 46.9 Å². The van der Waals surface area contributed by atoms with Gasteiger partial charge in [0.2, 0.25) is 11.6 Å². The van der Waals surface area contributed by atoms with Crippen molar-refractivity contribution in [1.82, 2.24) is 5.32 Å². The second-order valence-corrected chi connectivity index (χ2v) is 10.9. The lowest BCUT2D eigenvalue weighted by Crippen LogP contribution is -2.47. The van der Waals surface area contributed by atoms with Crippen molar-refractivity contribution in [2.75, 3.05) is 21.3 Å². The summed E-state index contributed by atoms with van der Waals surface area (Å²) in [5, 5.41) is 13.8. The second kappa shape index (κ2) is 13.1. The van der Waals surface area contributed by atoms with Crippen LogP contribution < -0.4 is 11.1 Å². The number of fused-ring (bicyclic) bond motifs is 3. The Morgan fingerprint density at radius 1 is 1.17 bits per heavy atom. The predicted molar refractivity (Wildman–Crippen MR) is 146 cm³/mol. The van der Waals surface area contributed by atoms with E-state index in [1.807, 2.05) is 6.92 Å². The SMILES string of the molecule is COC1=C2C[C@@H](C)C[C@H](OC)[C@H](O)[C@@H](C)[C@H]3O[C@]3(C)[C@H](OC(N)=O)[C@@H](OC)/C=C\C=C(/C)C(=O)NC(=CC1=O)C2=O. The van der Waals surface area contributed by atoms with Crippen molar-refractivity contribution < 1.29 is 48.0 Å². The summed E-state index contributed by atoms with van der Waals surface area (Å²) in [7, 11) is 4.20. The number of carbonyl (C=O) groups is 4. The van der Waals surface area contributed by atoms with Crippen molar-refractivity contribution >= 4 is 23.6 Å². The summed E-state index contributed by atoms with van der Waals surface area (Å²) in [5.74, 6) is -2.46. The van der Waals surface area contributed by atoms with Gasteiger partial charge in [-0.3, -0.25) is 14.4 Å². The van der Waals surface area contributed by atoms with E-state index in [2.05, 4.69) is 5.32 Å². The van der Waals surface area contributed by atoms with Crippen LogP contribution in [0.2, 0.25) is 0 Å². The highest BCUT2D eigenvalue weighted by atomic mass is 16.7. The number of hydrogen-bond acceptors (Lipinski definition) is 10. The molecule has 0 aromatic heterocycles. The van der Waals surface area contributed by atoms with Gasteiger partial charge in [-0.25, -0.2) is 4.79 Å². The van der Waals surface area contributed by atoms with Crippen molar-refractivity contribution in [2.45, 2.75) is 76.7 Å². The number of Topliss-reactive ketones (excluding diaryl/α,β-unsaturated/α-hetero) is 1. The van der Waals surface area contributed by atoms with Crippen LogP contribution in [0.3, 0.4) is 0 Å². The Hall–Kier alpha value is -3.32. The molecule has 0 unspecified atom stereocenters. The number of allylic oxidation sites excluding steroid dienone is 4. The molecule has 2 aliphatic heterocycles. The lowest BCUT2D eigenvalue weighted by atomic mass is 9.82. The fourth-order valence-corrected chi connectivity index (χ4v) is 5.54. The summed E-state index contributed by atoms with van der Waals surface area (Å²) >= 11 is 0. The maximum absolute atomic E-state index is 13.4. The van der Waals surface area contributed by atoms with E-state index >= 15 is 0 Å². The quantitative estimate of drug-likeness (QED) is 0.329. The Bertz CT molecular complexity index is 1190. The van der Waals surface area contributed by atoms with E-state index in [0.29, 0.717) is 6.42 Å². The number of epoxide rings is 1. The van der Waals surface area contributed by atoms with Gasteiger partial charge in [-0.2, -0.15) is 0 Å². The van der Waals surface area contributed by atoms with E-state index in [-0.39, 0.29) is 34.9 Å². The van der Waals surface area contributed by atoms with E-state index < -0.39 is 65.6 Å². The van der Waals surface area contributed by atoms with Crippen LogP contribution in [0.4, 0.5) is 4.79 Å². The van der Waals surface area contributed by atoms with Crippen LogP contribution in [-0.4, -0.2) is 86.1 Å². The fraction of sp³-hybridized carbons (Fsp3) is 0.586. The third-order valence-corrected chi connectivity index (χ3v) is 7.90. The maximum Gasteiger partial charge on any atom is 0.404 e. The smallest absolute Gasteiger partial charge is 0.404 e. The zero-order chi connectivity index (χ0) is 30.6. The molecule has 12 heteroatoms. The summed E-state index contributed by atoms with van der Waals surface area (Å²) < 4.78 is 27.9. The minimum Gasteiger partial charge on any atom is -0.492 e. The number of primary amides is 1. The van der Waals surface area contributed by atoms with Crippen LogP contribution in [-0.2, 0) is 38.1 Å². The number of carbonyl (C=O) groups excluding carboxylic acids is 4. The van der Waals surface area contributed by atoms with Gasteiger partial charge in [0, 0.05) is 37.4 Å². The summed E-state index contributed by atoms with van der Waals surface area (Å²) in [6.45, 7) is 6.93. The molecule has 1 saturated heterocycles. The van der Waals surface area contributed by atoms with Crippen molar-refractivity contribution in [3.63, 3.8) is 0 Å². The van der Waals surface area contributed by atoms with E-state index in [1.165, 1.54) is 40.4 Å². The monoisotopic (exact) mass is 576 g/mol. The van der Waals surface area contributed by atoms with Gasteiger partial charge in [-0.1, -0.05) is 32.1 Å². The summed E-state index contributed by atoms with van der Waals surface area (Å²) in [6.07, 6.45) is 1.07. The number of hydrogen-bond donors (Lipinski definition) is 3. The minimum absolute atomic E-state index is 0.0860. The maximum atomic E-state index is 13.4. The summed E-state index contributed by atoms with van der Waals surface area (Å²) in [4.78, 5) is 50.9. The average Bonchev–Trinajstić information content (AvgIpc) is 3.62. The third kappa shape index (κ3) is 6.95. The summed E-state index contributed by atoms with van der Waals surface area (Å²) in [5.41, 5.74) is 4.52. The second-order valence-electron chi connectivity index (χ2n) is 10.9. The van der Waals surface area contributed by atoms with Gasteiger partial charge in [-0.05, 0) is 32.6 Å². The Morgan fingerprint density at radius 2 is 1.85 bits per heavy atom. The van der Waals surface area contributed by atoms with E-state index in [0.717, 1.165) is 6.08 Å². The first kappa shape index (κ1) is 32.2. The van der Waals surface area contributed by atoms with Crippen LogP contribution in [0, 0.1) is 11.8 Å². The Kier molecular flexibility index (Phi) is 10.3. The number of ether oxygens (including phenoxy) is 5. The first-order valence-corrected chi connectivity index (χ1v) is 13.4. The fourth-order valence-electron chi connectivity index (χ4n) is 5.54. The molecule has 226 valence electrons. The topological polar surface area (TPSA) is 176 Å².